The first-order chi connectivity index (χ1) is 12.0. The highest BCUT2D eigenvalue weighted by molar-refractivity contribution is 7.12. The summed E-state index contributed by atoms with van der Waals surface area (Å²) in [4.78, 5) is 24.0. The third kappa shape index (κ3) is 5.23. The number of carbonyl (C=O) groups excluding carboxylic acids is 2. The van der Waals surface area contributed by atoms with Gasteiger partial charge in [-0.05, 0) is 42.1 Å². The summed E-state index contributed by atoms with van der Waals surface area (Å²) in [5.74, 6) is 0.0783. The topological polar surface area (TPSA) is 76.7 Å². The number of hydrazine groups is 1. The third-order valence-electron chi connectivity index (χ3n) is 3.01. The van der Waals surface area contributed by atoms with E-state index in [0.29, 0.717) is 33.6 Å². The number of amides is 2. The van der Waals surface area contributed by atoms with Crippen molar-refractivity contribution < 1.29 is 19.1 Å². The van der Waals surface area contributed by atoms with Crippen LogP contribution in [0.25, 0.3) is 6.08 Å². The summed E-state index contributed by atoms with van der Waals surface area (Å²) >= 11 is 7.43. The smallest absolute Gasteiger partial charge is 0.279 e. The number of methoxy groups -OCH3 is 1. The van der Waals surface area contributed by atoms with E-state index >= 15 is 0 Å². The Hall–Kier alpha value is -2.51. The fourth-order valence-corrected chi connectivity index (χ4v) is 2.86. The van der Waals surface area contributed by atoms with Crippen LogP contribution in [-0.2, 0) is 4.79 Å². The second kappa shape index (κ2) is 9.10. The van der Waals surface area contributed by atoms with E-state index in [0.717, 1.165) is 0 Å². The largest absolute Gasteiger partial charge is 0.491 e. The van der Waals surface area contributed by atoms with Gasteiger partial charge in [-0.3, -0.25) is 20.4 Å². The zero-order chi connectivity index (χ0) is 18.2. The molecule has 0 spiro atoms. The number of thiophene rings is 1. The van der Waals surface area contributed by atoms with Crippen molar-refractivity contribution in [3.05, 3.63) is 51.2 Å². The van der Waals surface area contributed by atoms with E-state index in [1.54, 1.807) is 35.7 Å². The van der Waals surface area contributed by atoms with Crippen molar-refractivity contribution in [2.45, 2.75) is 6.92 Å². The highest BCUT2D eigenvalue weighted by Crippen LogP contribution is 2.36. The van der Waals surface area contributed by atoms with Crippen LogP contribution in [-0.4, -0.2) is 25.5 Å². The molecule has 0 saturated heterocycles. The first-order valence-electron chi connectivity index (χ1n) is 7.37. The molecule has 0 aliphatic heterocycles. The van der Waals surface area contributed by atoms with Gasteiger partial charge in [0.1, 0.15) is 0 Å². The lowest BCUT2D eigenvalue weighted by atomic mass is 10.2. The molecular weight excluding hydrogens is 364 g/mol. The fraction of sp³-hybridized carbons (Fsp3) is 0.176. The predicted octanol–water partition coefficient (Wildman–Crippen LogP) is 3.28. The fourth-order valence-electron chi connectivity index (χ4n) is 1.95. The molecular formula is C17H17ClN2O4S. The zero-order valence-electron chi connectivity index (χ0n) is 13.7. The normalized spacial score (nSPS) is 10.5. The maximum Gasteiger partial charge on any atom is 0.279 e. The summed E-state index contributed by atoms with van der Waals surface area (Å²) in [6, 6.07) is 6.78. The standard InChI is InChI=1S/C17H17ClN2O4S/c1-3-24-13-10-11(9-12(18)16(13)23-2)6-7-15(21)19-20-17(22)14-5-4-8-25-14/h4-10H,3H2,1-2H3,(H,19,21)(H,20,22)/b7-6+. The molecule has 2 amide bonds. The van der Waals surface area contributed by atoms with Gasteiger partial charge in [0, 0.05) is 6.08 Å². The van der Waals surface area contributed by atoms with Gasteiger partial charge in [-0.1, -0.05) is 17.7 Å². The summed E-state index contributed by atoms with van der Waals surface area (Å²) in [6.07, 6.45) is 2.84. The van der Waals surface area contributed by atoms with E-state index in [1.807, 2.05) is 6.92 Å². The predicted molar refractivity (Wildman–Crippen MR) is 98.1 cm³/mol. The molecule has 0 saturated carbocycles. The molecule has 2 N–H and O–H groups in total. The van der Waals surface area contributed by atoms with Crippen molar-refractivity contribution in [1.29, 1.82) is 0 Å². The molecule has 1 heterocycles. The molecule has 2 aromatic rings. The molecule has 8 heteroatoms. The van der Waals surface area contributed by atoms with Gasteiger partial charge in [0.25, 0.3) is 11.8 Å². The molecule has 0 fully saturated rings. The molecule has 132 valence electrons. The maximum absolute atomic E-state index is 11.8. The van der Waals surface area contributed by atoms with Crippen molar-refractivity contribution >= 4 is 40.8 Å². The Balaban J connectivity index is 2.00. The van der Waals surface area contributed by atoms with Crippen molar-refractivity contribution in [1.82, 2.24) is 10.9 Å². The minimum absolute atomic E-state index is 0.372. The summed E-state index contributed by atoms with van der Waals surface area (Å²) in [6.45, 7) is 2.30. The van der Waals surface area contributed by atoms with E-state index in [-0.39, 0.29) is 5.91 Å². The van der Waals surface area contributed by atoms with Crippen molar-refractivity contribution in [2.24, 2.45) is 0 Å². The van der Waals surface area contributed by atoms with Crippen LogP contribution >= 0.6 is 22.9 Å². The average Bonchev–Trinajstić information content (AvgIpc) is 3.12. The number of benzene rings is 1. The van der Waals surface area contributed by atoms with E-state index < -0.39 is 5.91 Å². The second-order valence-corrected chi connectivity index (χ2v) is 6.08. The minimum Gasteiger partial charge on any atom is -0.491 e. The van der Waals surface area contributed by atoms with Gasteiger partial charge in [-0.15, -0.1) is 11.3 Å². The maximum atomic E-state index is 11.8. The number of rotatable bonds is 6. The van der Waals surface area contributed by atoms with Crippen LogP contribution in [0.15, 0.2) is 35.7 Å². The van der Waals surface area contributed by atoms with Crippen molar-refractivity contribution in [3.63, 3.8) is 0 Å². The van der Waals surface area contributed by atoms with E-state index in [4.69, 9.17) is 21.1 Å². The SMILES string of the molecule is CCOc1cc(/C=C/C(=O)NNC(=O)c2cccs2)cc(Cl)c1OC. The molecule has 25 heavy (non-hydrogen) atoms. The molecule has 0 atom stereocenters. The van der Waals surface area contributed by atoms with Gasteiger partial charge < -0.3 is 9.47 Å². The van der Waals surface area contributed by atoms with Crippen LogP contribution in [0.5, 0.6) is 11.5 Å². The Bertz CT molecular complexity index is 775. The van der Waals surface area contributed by atoms with Gasteiger partial charge in [-0.25, -0.2) is 0 Å². The number of hydrogen-bond acceptors (Lipinski definition) is 5. The Morgan fingerprint density at radius 3 is 2.76 bits per heavy atom. The highest BCUT2D eigenvalue weighted by Gasteiger charge is 2.11. The lowest BCUT2D eigenvalue weighted by Crippen LogP contribution is -2.40. The van der Waals surface area contributed by atoms with Crippen molar-refractivity contribution in [3.8, 4) is 11.5 Å². The summed E-state index contributed by atoms with van der Waals surface area (Å²) < 4.78 is 10.7. The van der Waals surface area contributed by atoms with Gasteiger partial charge in [0.15, 0.2) is 11.5 Å². The summed E-state index contributed by atoms with van der Waals surface area (Å²) in [7, 11) is 1.50. The third-order valence-corrected chi connectivity index (χ3v) is 4.16. The first-order valence-corrected chi connectivity index (χ1v) is 8.63. The Morgan fingerprint density at radius 1 is 1.32 bits per heavy atom. The molecule has 0 bridgehead atoms. The van der Waals surface area contributed by atoms with Crippen LogP contribution in [0.4, 0.5) is 0 Å². The summed E-state index contributed by atoms with van der Waals surface area (Å²) in [5.41, 5.74) is 5.30. The zero-order valence-corrected chi connectivity index (χ0v) is 15.2. The van der Waals surface area contributed by atoms with Crippen LogP contribution < -0.4 is 20.3 Å². The molecule has 6 nitrogen and oxygen atoms in total. The molecule has 1 aromatic heterocycles. The van der Waals surface area contributed by atoms with Crippen LogP contribution in [0.2, 0.25) is 5.02 Å². The van der Waals surface area contributed by atoms with Gasteiger partial charge in [0.05, 0.1) is 23.6 Å². The van der Waals surface area contributed by atoms with Crippen molar-refractivity contribution in [2.75, 3.05) is 13.7 Å². The van der Waals surface area contributed by atoms with Gasteiger partial charge in [-0.2, -0.15) is 0 Å². The molecule has 0 aliphatic carbocycles. The number of halogens is 1. The lowest BCUT2D eigenvalue weighted by Gasteiger charge is -2.11. The van der Waals surface area contributed by atoms with E-state index in [1.165, 1.54) is 24.5 Å². The molecule has 0 radical (unpaired) electrons. The average molecular weight is 381 g/mol. The van der Waals surface area contributed by atoms with E-state index in [9.17, 15) is 9.59 Å². The summed E-state index contributed by atoms with van der Waals surface area (Å²) in [5, 5.41) is 2.15. The van der Waals surface area contributed by atoms with Gasteiger partial charge >= 0.3 is 0 Å². The minimum atomic E-state index is -0.477. The highest BCUT2D eigenvalue weighted by atomic mass is 35.5. The molecule has 0 aliphatic rings. The first kappa shape index (κ1) is 18.8. The molecule has 2 rings (SSSR count). The number of ether oxygens (including phenoxy) is 2. The second-order valence-electron chi connectivity index (χ2n) is 4.72. The number of hydrogen-bond donors (Lipinski definition) is 2. The number of nitrogens with one attached hydrogen (secondary N) is 2. The van der Waals surface area contributed by atoms with Gasteiger partial charge in [0.2, 0.25) is 0 Å². The van der Waals surface area contributed by atoms with Crippen LogP contribution in [0.1, 0.15) is 22.2 Å². The Kier molecular flexibility index (Phi) is 6.85. The lowest BCUT2D eigenvalue weighted by molar-refractivity contribution is -0.117. The van der Waals surface area contributed by atoms with Crippen LogP contribution in [0, 0.1) is 0 Å². The quantitative estimate of drug-likeness (QED) is 0.595. The molecule has 0 unspecified atom stereocenters. The Morgan fingerprint density at radius 2 is 2.12 bits per heavy atom. The Labute approximate surface area is 154 Å². The number of carbonyl (C=O) groups is 2. The molecule has 1 aromatic carbocycles. The van der Waals surface area contributed by atoms with Crippen LogP contribution in [0.3, 0.4) is 0 Å². The van der Waals surface area contributed by atoms with E-state index in [2.05, 4.69) is 10.9 Å². The monoisotopic (exact) mass is 380 g/mol.